The minimum Gasteiger partial charge on any atom is -0.506 e. The maximum Gasteiger partial charge on any atom is 0.267 e. The Morgan fingerprint density at radius 3 is 2.47 bits per heavy atom. The third kappa shape index (κ3) is 2.27. The van der Waals surface area contributed by atoms with Crippen molar-refractivity contribution in [2.75, 3.05) is 7.11 Å². The molecule has 0 aliphatic rings. The Labute approximate surface area is 94.6 Å². The molecule has 0 saturated heterocycles. The molecular formula is C7H5Cl2FO4S. The minimum atomic E-state index is -4.40. The summed E-state index contributed by atoms with van der Waals surface area (Å²) >= 11 is 5.44. The molecule has 0 saturated carbocycles. The maximum atomic E-state index is 13.4. The van der Waals surface area contributed by atoms with Gasteiger partial charge in [-0.25, -0.2) is 12.8 Å². The Balaban J connectivity index is 3.65. The number of hydrogen-bond donors (Lipinski definition) is 1. The van der Waals surface area contributed by atoms with Crippen LogP contribution in [-0.4, -0.2) is 20.6 Å². The first kappa shape index (κ1) is 12.4. The van der Waals surface area contributed by atoms with E-state index in [-0.39, 0.29) is 5.75 Å². The molecule has 8 heteroatoms. The third-order valence-corrected chi connectivity index (χ3v) is 3.26. The first-order chi connectivity index (χ1) is 6.79. The van der Waals surface area contributed by atoms with Crippen LogP contribution < -0.4 is 4.74 Å². The monoisotopic (exact) mass is 274 g/mol. The first-order valence-electron chi connectivity index (χ1n) is 3.48. The average Bonchev–Trinajstić information content (AvgIpc) is 2.09. The molecule has 1 N–H and O–H groups in total. The molecule has 1 aromatic carbocycles. The fourth-order valence-corrected chi connectivity index (χ4v) is 2.30. The quantitative estimate of drug-likeness (QED) is 0.840. The van der Waals surface area contributed by atoms with Crippen molar-refractivity contribution < 1.29 is 22.7 Å². The van der Waals surface area contributed by atoms with Crippen LogP contribution in [0.3, 0.4) is 0 Å². The number of phenolic OH excluding ortho intramolecular Hbond substituents is 1. The van der Waals surface area contributed by atoms with Crippen LogP contribution in [0.25, 0.3) is 0 Å². The van der Waals surface area contributed by atoms with Gasteiger partial charge in [-0.15, -0.1) is 0 Å². The highest BCUT2D eigenvalue weighted by atomic mass is 35.7. The summed E-state index contributed by atoms with van der Waals surface area (Å²) in [5, 5.41) is 8.66. The molecule has 4 nitrogen and oxygen atoms in total. The number of aromatic hydroxyl groups is 1. The first-order valence-corrected chi connectivity index (χ1v) is 6.17. The Kier molecular flexibility index (Phi) is 3.32. The highest BCUT2D eigenvalue weighted by Gasteiger charge is 2.26. The molecule has 0 amide bonds. The lowest BCUT2D eigenvalue weighted by Crippen LogP contribution is -1.99. The largest absolute Gasteiger partial charge is 0.506 e. The number of benzene rings is 1. The maximum absolute atomic E-state index is 13.4. The SMILES string of the molecule is COc1cc(O)c(S(=O)(=O)Cl)c(F)c1Cl. The summed E-state index contributed by atoms with van der Waals surface area (Å²) in [4.78, 5) is -1.06. The highest BCUT2D eigenvalue weighted by molar-refractivity contribution is 8.13. The van der Waals surface area contributed by atoms with Crippen molar-refractivity contribution in [3.8, 4) is 11.5 Å². The molecule has 0 aliphatic carbocycles. The number of rotatable bonds is 2. The molecule has 0 atom stereocenters. The van der Waals surface area contributed by atoms with Crippen LogP contribution in [0.4, 0.5) is 4.39 Å². The van der Waals surface area contributed by atoms with E-state index in [1.54, 1.807) is 0 Å². The van der Waals surface area contributed by atoms with Gasteiger partial charge in [0.25, 0.3) is 9.05 Å². The summed E-state index contributed by atoms with van der Waals surface area (Å²) in [7, 11) is 1.69. The number of ether oxygens (including phenoxy) is 1. The number of hydrogen-bond acceptors (Lipinski definition) is 4. The molecular weight excluding hydrogens is 270 g/mol. The molecule has 0 spiro atoms. The van der Waals surface area contributed by atoms with Crippen LogP contribution in [0, 0.1) is 5.82 Å². The zero-order valence-corrected chi connectivity index (χ0v) is 9.62. The van der Waals surface area contributed by atoms with Gasteiger partial charge in [0.15, 0.2) is 10.7 Å². The fourth-order valence-electron chi connectivity index (χ4n) is 0.954. The third-order valence-electron chi connectivity index (χ3n) is 1.57. The van der Waals surface area contributed by atoms with Crippen LogP contribution in [-0.2, 0) is 9.05 Å². The van der Waals surface area contributed by atoms with E-state index in [2.05, 4.69) is 4.74 Å². The second kappa shape index (κ2) is 4.03. The van der Waals surface area contributed by atoms with E-state index in [9.17, 15) is 17.9 Å². The van der Waals surface area contributed by atoms with Crippen LogP contribution in [0.5, 0.6) is 11.5 Å². The molecule has 0 radical (unpaired) electrons. The molecule has 0 bridgehead atoms. The van der Waals surface area contributed by atoms with Gasteiger partial charge >= 0.3 is 0 Å². The average molecular weight is 275 g/mol. The summed E-state index contributed by atoms with van der Waals surface area (Å²) in [6.07, 6.45) is 0. The summed E-state index contributed by atoms with van der Waals surface area (Å²) in [5.74, 6) is -2.39. The summed E-state index contributed by atoms with van der Waals surface area (Å²) in [6.45, 7) is 0. The van der Waals surface area contributed by atoms with Gasteiger partial charge < -0.3 is 9.84 Å². The Bertz CT molecular complexity index is 500. The number of methoxy groups -OCH3 is 1. The lowest BCUT2D eigenvalue weighted by atomic mass is 10.3. The normalized spacial score (nSPS) is 11.5. The molecule has 0 aromatic heterocycles. The Hall–Kier alpha value is -0.720. The molecule has 84 valence electrons. The molecule has 0 unspecified atom stereocenters. The van der Waals surface area contributed by atoms with E-state index in [4.69, 9.17) is 22.3 Å². The predicted molar refractivity (Wildman–Crippen MR) is 52.7 cm³/mol. The zero-order chi connectivity index (χ0) is 11.8. The van der Waals surface area contributed by atoms with E-state index in [0.29, 0.717) is 0 Å². The predicted octanol–water partition coefficient (Wildman–Crippen LogP) is 2.12. The summed E-state index contributed by atoms with van der Waals surface area (Å²) < 4.78 is 39.8. The molecule has 1 aromatic rings. The highest BCUT2D eigenvalue weighted by Crippen LogP contribution is 2.39. The second-order valence-electron chi connectivity index (χ2n) is 2.49. The topological polar surface area (TPSA) is 63.6 Å². The Morgan fingerprint density at radius 2 is 2.07 bits per heavy atom. The van der Waals surface area contributed by atoms with Gasteiger partial charge in [-0.3, -0.25) is 0 Å². The van der Waals surface area contributed by atoms with Gasteiger partial charge in [0.1, 0.15) is 16.5 Å². The number of phenols is 1. The fraction of sp³-hybridized carbons (Fsp3) is 0.143. The van der Waals surface area contributed by atoms with E-state index in [1.165, 1.54) is 7.11 Å². The van der Waals surface area contributed by atoms with E-state index in [1.807, 2.05) is 0 Å². The van der Waals surface area contributed by atoms with Crippen molar-refractivity contribution >= 4 is 31.3 Å². The van der Waals surface area contributed by atoms with Crippen LogP contribution in [0.1, 0.15) is 0 Å². The van der Waals surface area contributed by atoms with E-state index < -0.39 is 30.5 Å². The van der Waals surface area contributed by atoms with E-state index in [0.717, 1.165) is 6.07 Å². The summed E-state index contributed by atoms with van der Waals surface area (Å²) in [5.41, 5.74) is 0. The van der Waals surface area contributed by atoms with Crippen molar-refractivity contribution in [1.82, 2.24) is 0 Å². The van der Waals surface area contributed by atoms with Crippen molar-refractivity contribution in [2.24, 2.45) is 0 Å². The standard InChI is InChI=1S/C7H5Cl2FO4S/c1-14-4-2-3(11)7(15(9,12)13)6(10)5(4)8/h2,11H,1H3. The van der Waals surface area contributed by atoms with Gasteiger partial charge in [-0.2, -0.15) is 0 Å². The zero-order valence-electron chi connectivity index (χ0n) is 7.29. The minimum absolute atomic E-state index is 0.185. The van der Waals surface area contributed by atoms with Crippen molar-refractivity contribution in [2.45, 2.75) is 4.90 Å². The number of halogens is 3. The summed E-state index contributed by atoms with van der Waals surface area (Å²) in [6, 6.07) is 0.862. The molecule has 0 aliphatic heterocycles. The lowest BCUT2D eigenvalue weighted by Gasteiger charge is -2.08. The second-order valence-corrected chi connectivity index (χ2v) is 5.37. The lowest BCUT2D eigenvalue weighted by molar-refractivity contribution is 0.396. The van der Waals surface area contributed by atoms with Crippen LogP contribution in [0.15, 0.2) is 11.0 Å². The van der Waals surface area contributed by atoms with Crippen molar-refractivity contribution in [3.63, 3.8) is 0 Å². The Morgan fingerprint density at radius 1 is 1.53 bits per heavy atom. The molecule has 0 heterocycles. The van der Waals surface area contributed by atoms with Gasteiger partial charge in [0.2, 0.25) is 0 Å². The van der Waals surface area contributed by atoms with Gasteiger partial charge in [0.05, 0.1) is 7.11 Å². The van der Waals surface area contributed by atoms with Gasteiger partial charge in [-0.05, 0) is 0 Å². The van der Waals surface area contributed by atoms with Crippen LogP contribution >= 0.6 is 22.3 Å². The molecule has 15 heavy (non-hydrogen) atoms. The smallest absolute Gasteiger partial charge is 0.267 e. The molecule has 1 rings (SSSR count). The van der Waals surface area contributed by atoms with Crippen molar-refractivity contribution in [3.05, 3.63) is 16.9 Å². The van der Waals surface area contributed by atoms with Crippen LogP contribution in [0.2, 0.25) is 5.02 Å². The van der Waals surface area contributed by atoms with Gasteiger partial charge in [-0.1, -0.05) is 11.6 Å². The van der Waals surface area contributed by atoms with Gasteiger partial charge in [0, 0.05) is 16.7 Å². The molecule has 0 fully saturated rings. The van der Waals surface area contributed by atoms with Crippen molar-refractivity contribution in [1.29, 1.82) is 0 Å². The van der Waals surface area contributed by atoms with E-state index >= 15 is 0 Å².